The minimum Gasteiger partial charge on any atom is -0.399 e. The average Bonchev–Trinajstić information content (AvgIpc) is 2.41. The normalized spacial score (nSPS) is 20.6. The molecule has 1 amide bonds. The van der Waals surface area contributed by atoms with Gasteiger partial charge in [0.2, 0.25) is 0 Å². The molecular weight excluding hydrogens is 238 g/mol. The smallest absolute Gasteiger partial charge is 0.253 e. The first-order valence-electron chi connectivity index (χ1n) is 6.92. The molecule has 2 rings (SSSR count). The maximum atomic E-state index is 12.5. The summed E-state index contributed by atoms with van der Waals surface area (Å²) in [5.41, 5.74) is 8.23. The number of nitrogens with two attached hydrogens (primary N) is 1. The van der Waals surface area contributed by atoms with Gasteiger partial charge >= 0.3 is 0 Å². The molecule has 0 aliphatic carbocycles. The molecule has 1 aliphatic rings. The third kappa shape index (κ3) is 2.89. The van der Waals surface area contributed by atoms with E-state index in [1.54, 1.807) is 0 Å². The third-order valence-corrected chi connectivity index (χ3v) is 3.98. The van der Waals surface area contributed by atoms with Crippen LogP contribution in [0.15, 0.2) is 18.2 Å². The van der Waals surface area contributed by atoms with Gasteiger partial charge in [0.25, 0.3) is 5.91 Å². The number of nitrogen functional groups attached to an aromatic ring is 1. The Morgan fingerprint density at radius 3 is 2.74 bits per heavy atom. The van der Waals surface area contributed by atoms with Gasteiger partial charge in [-0.05, 0) is 44.2 Å². The number of anilines is 1. The summed E-state index contributed by atoms with van der Waals surface area (Å²) in [6.45, 7) is 9.89. The fraction of sp³-hybridized carbons (Fsp3) is 0.533. The van der Waals surface area contributed by atoms with E-state index in [1.807, 2.05) is 30.0 Å². The lowest BCUT2D eigenvalue weighted by Gasteiger charge is -2.39. The van der Waals surface area contributed by atoms with Gasteiger partial charge in [0, 0.05) is 36.9 Å². The van der Waals surface area contributed by atoms with Crippen LogP contribution in [-0.4, -0.2) is 47.9 Å². The van der Waals surface area contributed by atoms with E-state index in [4.69, 9.17) is 5.73 Å². The maximum absolute atomic E-state index is 12.5. The van der Waals surface area contributed by atoms with Gasteiger partial charge in [-0.25, -0.2) is 0 Å². The van der Waals surface area contributed by atoms with Crippen LogP contribution in [0.1, 0.15) is 29.8 Å². The quantitative estimate of drug-likeness (QED) is 0.825. The first-order valence-corrected chi connectivity index (χ1v) is 6.92. The van der Waals surface area contributed by atoms with E-state index in [2.05, 4.69) is 18.7 Å². The number of piperazine rings is 1. The molecule has 0 bridgehead atoms. The Morgan fingerprint density at radius 2 is 2.16 bits per heavy atom. The SMILES string of the molecule is CCN1CCN(C(=O)c2ccc(N)c(C)c2)CC1C. The van der Waals surface area contributed by atoms with Crippen molar-refractivity contribution in [1.29, 1.82) is 0 Å². The highest BCUT2D eigenvalue weighted by Gasteiger charge is 2.26. The monoisotopic (exact) mass is 261 g/mol. The summed E-state index contributed by atoms with van der Waals surface area (Å²) < 4.78 is 0. The van der Waals surface area contributed by atoms with Crippen molar-refractivity contribution in [2.45, 2.75) is 26.8 Å². The second-order valence-corrected chi connectivity index (χ2v) is 5.30. The molecule has 4 nitrogen and oxygen atoms in total. The fourth-order valence-corrected chi connectivity index (χ4v) is 2.64. The Kier molecular flexibility index (Phi) is 4.10. The van der Waals surface area contributed by atoms with Crippen LogP contribution in [0.5, 0.6) is 0 Å². The highest BCUT2D eigenvalue weighted by atomic mass is 16.2. The molecule has 4 heteroatoms. The van der Waals surface area contributed by atoms with Crippen molar-refractivity contribution in [3.8, 4) is 0 Å². The Bertz CT molecular complexity index is 472. The summed E-state index contributed by atoms with van der Waals surface area (Å²) in [5.74, 6) is 0.116. The van der Waals surface area contributed by atoms with E-state index < -0.39 is 0 Å². The number of hydrogen-bond donors (Lipinski definition) is 1. The Labute approximate surface area is 115 Å². The van der Waals surface area contributed by atoms with Crippen molar-refractivity contribution >= 4 is 11.6 Å². The largest absolute Gasteiger partial charge is 0.399 e. The van der Waals surface area contributed by atoms with Crippen LogP contribution in [0.3, 0.4) is 0 Å². The number of carbonyl (C=O) groups is 1. The molecule has 1 heterocycles. The van der Waals surface area contributed by atoms with Crippen molar-refractivity contribution in [3.63, 3.8) is 0 Å². The van der Waals surface area contributed by atoms with E-state index in [9.17, 15) is 4.79 Å². The van der Waals surface area contributed by atoms with Gasteiger partial charge in [-0.2, -0.15) is 0 Å². The van der Waals surface area contributed by atoms with E-state index in [1.165, 1.54) is 0 Å². The van der Waals surface area contributed by atoms with Gasteiger partial charge in [0.1, 0.15) is 0 Å². The first kappa shape index (κ1) is 13.9. The molecule has 1 fully saturated rings. The van der Waals surface area contributed by atoms with E-state index >= 15 is 0 Å². The number of carbonyl (C=O) groups excluding carboxylic acids is 1. The highest BCUT2D eigenvalue weighted by Crippen LogP contribution is 2.17. The van der Waals surface area contributed by atoms with Crippen LogP contribution in [0.25, 0.3) is 0 Å². The third-order valence-electron chi connectivity index (χ3n) is 3.98. The number of amides is 1. The zero-order chi connectivity index (χ0) is 14.0. The molecule has 104 valence electrons. The molecule has 0 saturated carbocycles. The topological polar surface area (TPSA) is 49.6 Å². The zero-order valence-electron chi connectivity index (χ0n) is 12.0. The summed E-state index contributed by atoms with van der Waals surface area (Å²) in [7, 11) is 0. The van der Waals surface area contributed by atoms with E-state index in [0.29, 0.717) is 6.04 Å². The summed E-state index contributed by atoms with van der Waals surface area (Å²) >= 11 is 0. The molecule has 1 aromatic rings. The molecule has 1 saturated heterocycles. The van der Waals surface area contributed by atoms with Crippen LogP contribution in [0.4, 0.5) is 5.69 Å². The van der Waals surface area contributed by atoms with Gasteiger partial charge in [0.15, 0.2) is 0 Å². The number of benzene rings is 1. The van der Waals surface area contributed by atoms with Crippen LogP contribution in [0.2, 0.25) is 0 Å². The predicted molar refractivity (Wildman–Crippen MR) is 78.2 cm³/mol. The Hall–Kier alpha value is -1.55. The van der Waals surface area contributed by atoms with Gasteiger partial charge in [-0.3, -0.25) is 9.69 Å². The number of rotatable bonds is 2. The van der Waals surface area contributed by atoms with Crippen molar-refractivity contribution < 1.29 is 4.79 Å². The van der Waals surface area contributed by atoms with Crippen molar-refractivity contribution in [3.05, 3.63) is 29.3 Å². The minimum absolute atomic E-state index is 0.116. The Morgan fingerprint density at radius 1 is 1.42 bits per heavy atom. The second kappa shape index (κ2) is 5.61. The molecule has 1 atom stereocenters. The lowest BCUT2D eigenvalue weighted by molar-refractivity contribution is 0.0528. The minimum atomic E-state index is 0.116. The number of aryl methyl sites for hydroxylation is 1. The van der Waals surface area contributed by atoms with Gasteiger partial charge in [-0.15, -0.1) is 0 Å². The summed E-state index contributed by atoms with van der Waals surface area (Å²) in [4.78, 5) is 16.8. The zero-order valence-corrected chi connectivity index (χ0v) is 12.0. The molecule has 1 unspecified atom stereocenters. The lowest BCUT2D eigenvalue weighted by atomic mass is 10.1. The molecule has 0 spiro atoms. The average molecular weight is 261 g/mol. The van der Waals surface area contributed by atoms with Crippen LogP contribution < -0.4 is 5.73 Å². The van der Waals surface area contributed by atoms with Crippen LogP contribution in [-0.2, 0) is 0 Å². The van der Waals surface area contributed by atoms with E-state index in [-0.39, 0.29) is 5.91 Å². The molecule has 2 N–H and O–H groups in total. The molecule has 19 heavy (non-hydrogen) atoms. The molecule has 0 aromatic heterocycles. The summed E-state index contributed by atoms with van der Waals surface area (Å²) in [6.07, 6.45) is 0. The summed E-state index contributed by atoms with van der Waals surface area (Å²) in [5, 5.41) is 0. The van der Waals surface area contributed by atoms with Gasteiger partial charge in [0.05, 0.1) is 0 Å². The summed E-state index contributed by atoms with van der Waals surface area (Å²) in [6, 6.07) is 5.95. The molecule has 0 radical (unpaired) electrons. The maximum Gasteiger partial charge on any atom is 0.253 e. The first-order chi connectivity index (χ1) is 9.02. The van der Waals surface area contributed by atoms with Crippen LogP contribution >= 0.6 is 0 Å². The lowest BCUT2D eigenvalue weighted by Crippen LogP contribution is -2.53. The van der Waals surface area contributed by atoms with Crippen molar-refractivity contribution in [2.75, 3.05) is 31.9 Å². The van der Waals surface area contributed by atoms with Crippen molar-refractivity contribution in [1.82, 2.24) is 9.80 Å². The molecule has 1 aliphatic heterocycles. The van der Waals surface area contributed by atoms with Gasteiger partial charge < -0.3 is 10.6 Å². The van der Waals surface area contributed by atoms with Crippen molar-refractivity contribution in [2.24, 2.45) is 0 Å². The number of nitrogens with zero attached hydrogens (tertiary/aromatic N) is 2. The highest BCUT2D eigenvalue weighted by molar-refractivity contribution is 5.95. The fourth-order valence-electron chi connectivity index (χ4n) is 2.64. The number of likely N-dealkylation sites (N-methyl/N-ethyl adjacent to an activating group) is 1. The number of hydrogen-bond acceptors (Lipinski definition) is 3. The van der Waals surface area contributed by atoms with Gasteiger partial charge in [-0.1, -0.05) is 6.92 Å². The Balaban J connectivity index is 2.10. The standard InChI is InChI=1S/C15H23N3O/c1-4-17-7-8-18(10-12(17)3)15(19)13-5-6-14(16)11(2)9-13/h5-6,9,12H,4,7-8,10,16H2,1-3H3. The van der Waals surface area contributed by atoms with Crippen LogP contribution in [0, 0.1) is 6.92 Å². The second-order valence-electron chi connectivity index (χ2n) is 5.30. The molecular formula is C15H23N3O. The van der Waals surface area contributed by atoms with E-state index in [0.717, 1.165) is 43.0 Å². The predicted octanol–water partition coefficient (Wildman–Crippen LogP) is 1.74. The molecule has 1 aromatic carbocycles.